The van der Waals surface area contributed by atoms with Gasteiger partial charge in [0.15, 0.2) is 5.17 Å². The van der Waals surface area contributed by atoms with Crippen molar-refractivity contribution in [1.82, 2.24) is 5.32 Å². The van der Waals surface area contributed by atoms with Crippen molar-refractivity contribution < 1.29 is 13.9 Å². The van der Waals surface area contributed by atoms with Crippen LogP contribution in [-0.4, -0.2) is 29.6 Å². The highest BCUT2D eigenvalue weighted by molar-refractivity contribution is 8.15. The maximum Gasteiger partial charge on any atom is 0.239 e. The molecule has 0 spiro atoms. The van der Waals surface area contributed by atoms with E-state index in [9.17, 15) is 9.18 Å². The second kappa shape index (κ2) is 7.94. The molecule has 1 aliphatic heterocycles. The van der Waals surface area contributed by atoms with Crippen LogP contribution in [0.2, 0.25) is 0 Å². The number of carbonyl (C=O) groups is 1. The topological polar surface area (TPSA) is 63.1 Å². The van der Waals surface area contributed by atoms with Gasteiger partial charge in [0.1, 0.15) is 11.6 Å². The second-order valence-corrected chi connectivity index (χ2v) is 6.51. The maximum atomic E-state index is 12.9. The third-order valence-corrected chi connectivity index (χ3v) is 4.67. The SMILES string of the molecule is COc1ccccc1/C=N/N=C1/NC(=O)C(Cc2ccc(F)cc2)S1. The summed E-state index contributed by atoms with van der Waals surface area (Å²) in [4.78, 5) is 12.0. The van der Waals surface area contributed by atoms with E-state index in [1.807, 2.05) is 24.3 Å². The summed E-state index contributed by atoms with van der Waals surface area (Å²) in [5.74, 6) is 0.282. The molecular weight excluding hydrogens is 341 g/mol. The van der Waals surface area contributed by atoms with Crippen molar-refractivity contribution in [2.75, 3.05) is 7.11 Å². The molecule has 0 aliphatic carbocycles. The Bertz CT molecular complexity index is 821. The number of para-hydroxylation sites is 1. The Morgan fingerprint density at radius 1 is 1.24 bits per heavy atom. The quantitative estimate of drug-likeness (QED) is 0.661. The fourth-order valence-corrected chi connectivity index (χ4v) is 3.30. The summed E-state index contributed by atoms with van der Waals surface area (Å²) in [6.07, 6.45) is 2.08. The standard InChI is InChI=1S/C18H16FN3O2S/c1-24-15-5-3-2-4-13(15)11-20-22-18-21-17(23)16(25-18)10-12-6-8-14(19)9-7-12/h2-9,11,16H,10H2,1H3,(H,21,22,23)/b20-11+. The number of hydrogen-bond acceptors (Lipinski definition) is 5. The maximum absolute atomic E-state index is 12.9. The molecule has 0 radical (unpaired) electrons. The molecule has 128 valence electrons. The van der Waals surface area contributed by atoms with E-state index in [2.05, 4.69) is 15.5 Å². The number of halogens is 1. The zero-order chi connectivity index (χ0) is 17.6. The zero-order valence-electron chi connectivity index (χ0n) is 13.5. The summed E-state index contributed by atoms with van der Waals surface area (Å²) in [5.41, 5.74) is 1.69. The Labute approximate surface area is 149 Å². The van der Waals surface area contributed by atoms with Crippen LogP contribution in [0.4, 0.5) is 4.39 Å². The molecule has 1 aliphatic rings. The predicted octanol–water partition coefficient (Wildman–Crippen LogP) is 3.00. The summed E-state index contributed by atoms with van der Waals surface area (Å²) in [6, 6.07) is 13.6. The second-order valence-electron chi connectivity index (χ2n) is 5.32. The first kappa shape index (κ1) is 17.2. The molecule has 1 heterocycles. The molecule has 5 nitrogen and oxygen atoms in total. The predicted molar refractivity (Wildman–Crippen MR) is 97.6 cm³/mol. The van der Waals surface area contributed by atoms with Crippen LogP contribution in [-0.2, 0) is 11.2 Å². The molecule has 0 saturated carbocycles. The molecular formula is C18H16FN3O2S. The molecule has 1 atom stereocenters. The van der Waals surface area contributed by atoms with Gasteiger partial charge in [-0.05, 0) is 36.2 Å². The number of methoxy groups -OCH3 is 1. The van der Waals surface area contributed by atoms with E-state index >= 15 is 0 Å². The van der Waals surface area contributed by atoms with Gasteiger partial charge >= 0.3 is 0 Å². The molecule has 0 bridgehead atoms. The minimum Gasteiger partial charge on any atom is -0.496 e. The first-order valence-electron chi connectivity index (χ1n) is 7.61. The third-order valence-electron chi connectivity index (χ3n) is 3.60. The molecule has 1 saturated heterocycles. The van der Waals surface area contributed by atoms with Crippen LogP contribution in [0.5, 0.6) is 5.75 Å². The monoisotopic (exact) mass is 357 g/mol. The van der Waals surface area contributed by atoms with Crippen LogP contribution in [0.1, 0.15) is 11.1 Å². The number of ether oxygens (including phenoxy) is 1. The first-order chi connectivity index (χ1) is 12.2. The molecule has 3 rings (SSSR count). The van der Waals surface area contributed by atoms with Gasteiger partial charge in [0.25, 0.3) is 0 Å². The van der Waals surface area contributed by atoms with E-state index in [1.165, 1.54) is 23.9 Å². The van der Waals surface area contributed by atoms with Crippen LogP contribution in [0.25, 0.3) is 0 Å². The van der Waals surface area contributed by atoms with Crippen LogP contribution in [0.15, 0.2) is 58.7 Å². The summed E-state index contributed by atoms with van der Waals surface area (Å²) >= 11 is 1.31. The number of nitrogens with one attached hydrogen (secondary N) is 1. The lowest BCUT2D eigenvalue weighted by Gasteiger charge is -2.04. The number of hydrogen-bond donors (Lipinski definition) is 1. The Morgan fingerprint density at radius 2 is 2.00 bits per heavy atom. The lowest BCUT2D eigenvalue weighted by atomic mass is 10.1. The van der Waals surface area contributed by atoms with Crippen molar-refractivity contribution in [3.63, 3.8) is 0 Å². The third kappa shape index (κ3) is 4.45. The van der Waals surface area contributed by atoms with Crippen molar-refractivity contribution >= 4 is 29.1 Å². The highest BCUT2D eigenvalue weighted by Gasteiger charge is 2.30. The fourth-order valence-electron chi connectivity index (χ4n) is 2.34. The molecule has 7 heteroatoms. The fraction of sp³-hybridized carbons (Fsp3) is 0.167. The Hall–Kier alpha value is -2.67. The van der Waals surface area contributed by atoms with Crippen LogP contribution in [0.3, 0.4) is 0 Å². The molecule has 1 amide bonds. The van der Waals surface area contributed by atoms with Gasteiger partial charge in [0, 0.05) is 5.56 Å². The number of rotatable bonds is 5. The minimum absolute atomic E-state index is 0.124. The normalized spacial score (nSPS) is 18.7. The lowest BCUT2D eigenvalue weighted by Crippen LogP contribution is -2.25. The highest BCUT2D eigenvalue weighted by atomic mass is 32.2. The van der Waals surface area contributed by atoms with E-state index in [0.717, 1.165) is 11.1 Å². The van der Waals surface area contributed by atoms with Crippen molar-refractivity contribution in [3.8, 4) is 5.75 Å². The average molecular weight is 357 g/mol. The smallest absolute Gasteiger partial charge is 0.239 e. The Kier molecular flexibility index (Phi) is 5.45. The molecule has 25 heavy (non-hydrogen) atoms. The van der Waals surface area contributed by atoms with E-state index in [1.54, 1.807) is 25.5 Å². The van der Waals surface area contributed by atoms with Crippen molar-refractivity contribution in [2.45, 2.75) is 11.7 Å². The Balaban J connectivity index is 1.64. The van der Waals surface area contributed by atoms with E-state index in [-0.39, 0.29) is 17.0 Å². The van der Waals surface area contributed by atoms with Gasteiger partial charge in [-0.15, -0.1) is 5.10 Å². The average Bonchev–Trinajstić information content (AvgIpc) is 2.97. The molecule has 0 aromatic heterocycles. The van der Waals surface area contributed by atoms with Gasteiger partial charge in [-0.1, -0.05) is 36.0 Å². The Morgan fingerprint density at radius 3 is 2.76 bits per heavy atom. The largest absolute Gasteiger partial charge is 0.496 e. The molecule has 1 unspecified atom stereocenters. The number of thioether (sulfide) groups is 1. The number of amides is 1. The van der Waals surface area contributed by atoms with Gasteiger partial charge in [0.2, 0.25) is 5.91 Å². The number of carbonyl (C=O) groups excluding carboxylic acids is 1. The summed E-state index contributed by atoms with van der Waals surface area (Å²) in [6.45, 7) is 0. The summed E-state index contributed by atoms with van der Waals surface area (Å²) in [5, 5.41) is 10.9. The zero-order valence-corrected chi connectivity index (χ0v) is 14.3. The number of benzene rings is 2. The summed E-state index contributed by atoms with van der Waals surface area (Å²) < 4.78 is 18.2. The van der Waals surface area contributed by atoms with Crippen molar-refractivity contribution in [1.29, 1.82) is 0 Å². The molecule has 1 fully saturated rings. The van der Waals surface area contributed by atoms with Gasteiger partial charge in [-0.2, -0.15) is 5.10 Å². The van der Waals surface area contributed by atoms with Gasteiger partial charge < -0.3 is 10.1 Å². The first-order valence-corrected chi connectivity index (χ1v) is 8.49. The molecule has 2 aromatic carbocycles. The van der Waals surface area contributed by atoms with Crippen LogP contribution in [0, 0.1) is 5.82 Å². The van der Waals surface area contributed by atoms with Gasteiger partial charge in [-0.25, -0.2) is 4.39 Å². The number of amidine groups is 1. The molecule has 1 N–H and O–H groups in total. The number of nitrogens with zero attached hydrogens (tertiary/aromatic N) is 2. The summed E-state index contributed by atoms with van der Waals surface area (Å²) in [7, 11) is 1.59. The van der Waals surface area contributed by atoms with Gasteiger partial charge in [-0.3, -0.25) is 4.79 Å². The minimum atomic E-state index is -0.300. The van der Waals surface area contributed by atoms with Gasteiger partial charge in [0.05, 0.1) is 18.6 Å². The van der Waals surface area contributed by atoms with Crippen LogP contribution < -0.4 is 10.1 Å². The molecule has 2 aromatic rings. The van der Waals surface area contributed by atoms with E-state index in [4.69, 9.17) is 4.74 Å². The lowest BCUT2D eigenvalue weighted by molar-refractivity contribution is -0.118. The van der Waals surface area contributed by atoms with E-state index < -0.39 is 0 Å². The van der Waals surface area contributed by atoms with Crippen molar-refractivity contribution in [3.05, 3.63) is 65.5 Å². The highest BCUT2D eigenvalue weighted by Crippen LogP contribution is 2.23. The van der Waals surface area contributed by atoms with E-state index in [0.29, 0.717) is 17.3 Å². The van der Waals surface area contributed by atoms with Crippen LogP contribution >= 0.6 is 11.8 Å². The van der Waals surface area contributed by atoms with Crippen molar-refractivity contribution in [2.24, 2.45) is 10.2 Å².